The summed E-state index contributed by atoms with van der Waals surface area (Å²) in [5.41, 5.74) is 0.996. The number of likely N-dealkylation sites (tertiary alicyclic amines) is 1. The summed E-state index contributed by atoms with van der Waals surface area (Å²) >= 11 is 1.49. The average molecular weight is 335 g/mol. The first-order valence-corrected chi connectivity index (χ1v) is 9.24. The number of piperidine rings is 1. The first kappa shape index (κ1) is 16.5. The van der Waals surface area contributed by atoms with E-state index in [1.54, 1.807) is 6.20 Å². The predicted octanol–water partition coefficient (Wildman–Crippen LogP) is 3.51. The van der Waals surface area contributed by atoms with Gasteiger partial charge in [0.2, 0.25) is 0 Å². The fraction of sp³-hybridized carbons (Fsp3) is 0.647. The summed E-state index contributed by atoms with van der Waals surface area (Å²) in [5.74, 6) is 0.159. The summed E-state index contributed by atoms with van der Waals surface area (Å²) in [4.78, 5) is 21.1. The highest BCUT2D eigenvalue weighted by Gasteiger charge is 2.29. The molecule has 0 saturated carbocycles. The Morgan fingerprint density at radius 1 is 1.48 bits per heavy atom. The maximum absolute atomic E-state index is 13.1. The van der Waals surface area contributed by atoms with Crippen LogP contribution in [-0.2, 0) is 4.74 Å². The van der Waals surface area contributed by atoms with Crippen LogP contribution in [0.15, 0.2) is 12.4 Å². The molecule has 6 heteroatoms. The maximum Gasteiger partial charge on any atom is 0.266 e. The van der Waals surface area contributed by atoms with Crippen molar-refractivity contribution in [3.63, 3.8) is 0 Å². The molecule has 0 radical (unpaired) electrons. The van der Waals surface area contributed by atoms with E-state index in [1.807, 2.05) is 17.5 Å². The van der Waals surface area contributed by atoms with Gasteiger partial charge in [-0.1, -0.05) is 11.3 Å². The minimum Gasteiger partial charge on any atom is -0.379 e. The van der Waals surface area contributed by atoms with Gasteiger partial charge in [0, 0.05) is 37.3 Å². The molecule has 1 fully saturated rings. The normalized spacial score (nSPS) is 19.0. The highest BCUT2D eigenvalue weighted by Crippen LogP contribution is 2.27. The molecule has 5 nitrogen and oxygen atoms in total. The monoisotopic (exact) mass is 335 g/mol. The number of rotatable bonds is 5. The summed E-state index contributed by atoms with van der Waals surface area (Å²) in [7, 11) is 0. The Hall–Kier alpha value is -1.40. The third kappa shape index (κ3) is 3.43. The van der Waals surface area contributed by atoms with Crippen LogP contribution in [0.5, 0.6) is 0 Å². The number of hydrogen-bond acceptors (Lipinski definition) is 4. The molecule has 126 valence electrons. The maximum atomic E-state index is 13.1. The Morgan fingerprint density at radius 2 is 2.30 bits per heavy atom. The van der Waals surface area contributed by atoms with Crippen molar-refractivity contribution in [2.45, 2.75) is 58.6 Å². The third-order valence-corrected chi connectivity index (χ3v) is 5.63. The van der Waals surface area contributed by atoms with E-state index >= 15 is 0 Å². The number of thiazole rings is 1. The van der Waals surface area contributed by atoms with Gasteiger partial charge >= 0.3 is 0 Å². The van der Waals surface area contributed by atoms with Crippen molar-refractivity contribution in [3.8, 4) is 0 Å². The first-order chi connectivity index (χ1) is 11.1. The molecule has 1 amide bonds. The fourth-order valence-electron chi connectivity index (χ4n) is 3.23. The number of fused-ring (bicyclic) bond motifs is 1. The average Bonchev–Trinajstić information content (AvgIpc) is 3.10. The van der Waals surface area contributed by atoms with Crippen LogP contribution >= 0.6 is 11.3 Å². The Bertz CT molecular complexity index is 676. The summed E-state index contributed by atoms with van der Waals surface area (Å²) in [5, 5.41) is 0. The van der Waals surface area contributed by atoms with Crippen molar-refractivity contribution in [1.29, 1.82) is 0 Å². The van der Waals surface area contributed by atoms with Crippen LogP contribution < -0.4 is 0 Å². The van der Waals surface area contributed by atoms with Crippen LogP contribution in [0, 0.1) is 6.92 Å². The van der Waals surface area contributed by atoms with Gasteiger partial charge in [0.05, 0.1) is 6.10 Å². The number of aryl methyl sites for hydroxylation is 1. The third-order valence-electron chi connectivity index (χ3n) is 4.47. The minimum absolute atomic E-state index is 0.159. The topological polar surface area (TPSA) is 46.8 Å². The Labute approximate surface area is 141 Å². The minimum atomic E-state index is 0.159. The number of carbonyl (C=O) groups is 1. The molecule has 3 rings (SSSR count). The molecule has 1 atom stereocenters. The molecular formula is C17H25N3O2S. The van der Waals surface area contributed by atoms with Crippen LogP contribution in [0.4, 0.5) is 0 Å². The number of imidazole rings is 1. The van der Waals surface area contributed by atoms with E-state index in [0.29, 0.717) is 6.04 Å². The van der Waals surface area contributed by atoms with Gasteiger partial charge in [0.15, 0.2) is 4.96 Å². The number of amides is 1. The molecule has 1 unspecified atom stereocenters. The molecule has 1 aliphatic rings. The highest BCUT2D eigenvalue weighted by molar-refractivity contribution is 7.19. The van der Waals surface area contributed by atoms with Gasteiger partial charge in [-0.25, -0.2) is 4.98 Å². The van der Waals surface area contributed by atoms with Crippen molar-refractivity contribution in [2.75, 3.05) is 13.2 Å². The second-order valence-electron chi connectivity index (χ2n) is 6.45. The summed E-state index contributed by atoms with van der Waals surface area (Å²) in [6, 6.07) is 0.295. The summed E-state index contributed by atoms with van der Waals surface area (Å²) < 4.78 is 7.69. The molecule has 0 aliphatic carbocycles. The first-order valence-electron chi connectivity index (χ1n) is 8.43. The van der Waals surface area contributed by atoms with Gasteiger partial charge in [-0.3, -0.25) is 9.20 Å². The van der Waals surface area contributed by atoms with Crippen LogP contribution in [0.1, 0.15) is 54.9 Å². The van der Waals surface area contributed by atoms with Crippen molar-refractivity contribution in [2.24, 2.45) is 0 Å². The van der Waals surface area contributed by atoms with E-state index in [0.717, 1.165) is 47.9 Å². The second kappa shape index (κ2) is 7.01. The van der Waals surface area contributed by atoms with Gasteiger partial charge < -0.3 is 9.64 Å². The lowest BCUT2D eigenvalue weighted by molar-refractivity contribution is 0.0400. The van der Waals surface area contributed by atoms with E-state index in [-0.39, 0.29) is 12.0 Å². The van der Waals surface area contributed by atoms with Gasteiger partial charge in [0.1, 0.15) is 4.88 Å². The Morgan fingerprint density at radius 3 is 3.04 bits per heavy atom. The molecule has 1 aliphatic heterocycles. The molecule has 23 heavy (non-hydrogen) atoms. The lowest BCUT2D eigenvalue weighted by atomic mass is 9.99. The van der Waals surface area contributed by atoms with Gasteiger partial charge in [-0.15, -0.1) is 0 Å². The van der Waals surface area contributed by atoms with E-state index in [1.165, 1.54) is 17.8 Å². The molecule has 0 N–H and O–H groups in total. The molecule has 0 spiro atoms. The molecule has 0 aromatic carbocycles. The predicted molar refractivity (Wildman–Crippen MR) is 92.2 cm³/mol. The van der Waals surface area contributed by atoms with Crippen molar-refractivity contribution >= 4 is 22.2 Å². The molecule has 1 saturated heterocycles. The fourth-order valence-corrected chi connectivity index (χ4v) is 4.27. The molecule has 0 bridgehead atoms. The smallest absolute Gasteiger partial charge is 0.266 e. The standard InChI is InChI=1S/C17H25N3O2S/c1-12(2)22-11-7-14-6-4-5-9-20(14)16(21)15-13(3)19-10-8-18-17(19)23-15/h8,10,12,14H,4-7,9,11H2,1-3H3. The van der Waals surface area contributed by atoms with Crippen molar-refractivity contribution in [1.82, 2.24) is 14.3 Å². The summed E-state index contributed by atoms with van der Waals surface area (Å²) in [6.07, 6.45) is 8.23. The summed E-state index contributed by atoms with van der Waals surface area (Å²) in [6.45, 7) is 7.67. The Balaban J connectivity index is 1.75. The largest absolute Gasteiger partial charge is 0.379 e. The van der Waals surface area contributed by atoms with E-state index < -0.39 is 0 Å². The number of aromatic nitrogens is 2. The number of hydrogen-bond donors (Lipinski definition) is 0. The molecule has 2 aromatic rings. The Kier molecular flexibility index (Phi) is 5.02. The van der Waals surface area contributed by atoms with E-state index in [4.69, 9.17) is 4.74 Å². The number of nitrogens with zero attached hydrogens (tertiary/aromatic N) is 3. The van der Waals surface area contributed by atoms with Crippen LogP contribution in [0.2, 0.25) is 0 Å². The van der Waals surface area contributed by atoms with Crippen LogP contribution in [0.25, 0.3) is 4.96 Å². The number of ether oxygens (including phenoxy) is 1. The van der Waals surface area contributed by atoms with Gasteiger partial charge in [0.25, 0.3) is 5.91 Å². The van der Waals surface area contributed by atoms with Crippen LogP contribution in [-0.4, -0.2) is 45.5 Å². The molecule has 2 aromatic heterocycles. The van der Waals surface area contributed by atoms with Gasteiger partial charge in [-0.05, 0) is 46.5 Å². The quantitative estimate of drug-likeness (QED) is 0.840. The van der Waals surface area contributed by atoms with E-state index in [2.05, 4.69) is 23.7 Å². The molecule has 3 heterocycles. The lowest BCUT2D eigenvalue weighted by Gasteiger charge is -2.35. The zero-order chi connectivity index (χ0) is 16.4. The van der Waals surface area contributed by atoms with Gasteiger partial charge in [-0.2, -0.15) is 0 Å². The van der Waals surface area contributed by atoms with E-state index in [9.17, 15) is 4.79 Å². The number of carbonyl (C=O) groups excluding carboxylic acids is 1. The zero-order valence-corrected chi connectivity index (χ0v) is 14.9. The van der Waals surface area contributed by atoms with Crippen molar-refractivity contribution in [3.05, 3.63) is 23.0 Å². The lowest BCUT2D eigenvalue weighted by Crippen LogP contribution is -2.44. The van der Waals surface area contributed by atoms with Crippen molar-refractivity contribution < 1.29 is 9.53 Å². The zero-order valence-electron chi connectivity index (χ0n) is 14.1. The molecular weight excluding hydrogens is 310 g/mol. The SMILES string of the molecule is Cc1c(C(=O)N2CCCCC2CCOC(C)C)sc2nccn12. The van der Waals surface area contributed by atoms with Crippen LogP contribution in [0.3, 0.4) is 0 Å². The highest BCUT2D eigenvalue weighted by atomic mass is 32.1. The second-order valence-corrected chi connectivity index (χ2v) is 7.43.